The first-order chi connectivity index (χ1) is 18.2. The van der Waals surface area contributed by atoms with Crippen LogP contribution in [0.5, 0.6) is 0 Å². The smallest absolute Gasteiger partial charge is 0.475 e. The van der Waals surface area contributed by atoms with E-state index in [2.05, 4.69) is 5.32 Å². The molecular weight excluding hydrogens is 527 g/mol. The highest BCUT2D eigenvalue weighted by Gasteiger charge is 2.38. The first kappa shape index (κ1) is 31.6. The molecule has 3 rings (SSSR count). The van der Waals surface area contributed by atoms with Crippen molar-refractivity contribution in [3.8, 4) is 0 Å². The first-order valence-corrected chi connectivity index (χ1v) is 12.0. The normalized spacial score (nSPS) is 17.4. The van der Waals surface area contributed by atoms with Gasteiger partial charge in [-0.15, -0.1) is 0 Å². The summed E-state index contributed by atoms with van der Waals surface area (Å²) < 4.78 is 59.0. The van der Waals surface area contributed by atoms with Gasteiger partial charge in [-0.05, 0) is 49.1 Å². The molecule has 13 heteroatoms. The number of carboxylic acids is 1. The Labute approximate surface area is 222 Å². The van der Waals surface area contributed by atoms with Gasteiger partial charge in [0.25, 0.3) is 0 Å². The number of rotatable bonds is 7. The summed E-state index contributed by atoms with van der Waals surface area (Å²) in [5.74, 6) is -3.79. The Balaban J connectivity index is 0.000000673. The Kier molecular flexibility index (Phi) is 11.3. The van der Waals surface area contributed by atoms with Crippen molar-refractivity contribution >= 4 is 17.8 Å². The Bertz CT molecular complexity index is 1130. The quantitative estimate of drug-likeness (QED) is 0.450. The average Bonchev–Trinajstić information content (AvgIpc) is 2.88. The van der Waals surface area contributed by atoms with Gasteiger partial charge < -0.3 is 21.1 Å². The van der Waals surface area contributed by atoms with Crippen LogP contribution in [-0.4, -0.2) is 83.7 Å². The molecule has 0 aliphatic carbocycles. The lowest BCUT2D eigenvalue weighted by Crippen LogP contribution is -2.61. The average molecular weight is 559 g/mol. The number of carboxylic acid groups (broad SMARTS) is 1. The van der Waals surface area contributed by atoms with E-state index < -0.39 is 24.2 Å². The summed E-state index contributed by atoms with van der Waals surface area (Å²) in [5, 5.41) is 9.80. The van der Waals surface area contributed by atoms with Crippen LogP contribution in [0, 0.1) is 11.6 Å². The molecule has 4 N–H and O–H groups in total. The maximum atomic E-state index is 14.2. The van der Waals surface area contributed by atoms with Gasteiger partial charge in [-0.1, -0.05) is 30.3 Å². The summed E-state index contributed by atoms with van der Waals surface area (Å²) in [7, 11) is 1.56. The van der Waals surface area contributed by atoms with Crippen LogP contribution < -0.4 is 11.1 Å². The predicted molar refractivity (Wildman–Crippen MR) is 132 cm³/mol. The van der Waals surface area contributed by atoms with Crippen LogP contribution in [0.3, 0.4) is 0 Å². The zero-order valence-electron chi connectivity index (χ0n) is 21.4. The highest BCUT2D eigenvalue weighted by Crippen LogP contribution is 2.19. The third-order valence-electron chi connectivity index (χ3n) is 6.23. The number of nitrogens with two attached hydrogens (primary N) is 1. The maximum absolute atomic E-state index is 14.2. The molecule has 8 nitrogen and oxygen atoms in total. The number of carbonyl (C=O) groups is 3. The van der Waals surface area contributed by atoms with Crippen LogP contribution in [-0.2, 0) is 27.2 Å². The van der Waals surface area contributed by atoms with E-state index in [4.69, 9.17) is 15.6 Å². The van der Waals surface area contributed by atoms with Gasteiger partial charge in [0.15, 0.2) is 0 Å². The van der Waals surface area contributed by atoms with Gasteiger partial charge in [-0.25, -0.2) is 13.6 Å². The molecule has 0 bridgehead atoms. The molecule has 2 amide bonds. The fraction of sp³-hybridized carbons (Fsp3) is 0.423. The number of amides is 2. The van der Waals surface area contributed by atoms with Crippen LogP contribution in [0.4, 0.5) is 22.0 Å². The molecule has 1 aliphatic rings. The van der Waals surface area contributed by atoms with E-state index in [9.17, 15) is 31.5 Å². The molecule has 39 heavy (non-hydrogen) atoms. The van der Waals surface area contributed by atoms with Crippen LogP contribution in [0.25, 0.3) is 0 Å². The monoisotopic (exact) mass is 558 g/mol. The molecule has 0 saturated carbocycles. The Morgan fingerprint density at radius 2 is 1.64 bits per heavy atom. The fourth-order valence-electron chi connectivity index (χ4n) is 4.20. The van der Waals surface area contributed by atoms with Crippen molar-refractivity contribution < 1.29 is 41.4 Å². The number of carbonyl (C=O) groups excluding carboxylic acids is 2. The molecule has 214 valence electrons. The fourth-order valence-corrected chi connectivity index (χ4v) is 4.20. The van der Waals surface area contributed by atoms with E-state index in [0.717, 1.165) is 5.56 Å². The lowest BCUT2D eigenvalue weighted by Gasteiger charge is -2.43. The molecule has 2 aromatic carbocycles. The molecular formula is C26H31F5N4O4. The summed E-state index contributed by atoms with van der Waals surface area (Å²) in [5.41, 5.74) is 7.43. The second-order valence-electron chi connectivity index (χ2n) is 9.04. The van der Waals surface area contributed by atoms with E-state index in [0.29, 0.717) is 31.6 Å². The largest absolute Gasteiger partial charge is 0.490 e. The van der Waals surface area contributed by atoms with Crippen molar-refractivity contribution in [2.75, 3.05) is 26.7 Å². The van der Waals surface area contributed by atoms with E-state index in [1.807, 2.05) is 11.8 Å². The summed E-state index contributed by atoms with van der Waals surface area (Å²) >= 11 is 0. The minimum Gasteiger partial charge on any atom is -0.475 e. The summed E-state index contributed by atoms with van der Waals surface area (Å²) in [6, 6.07) is 11.0. The molecule has 2 aromatic rings. The standard InChI is InChI=1S/C24H30F2N4O2.C2HF3O2/c1-16-15-29(22(23(31)28-2)14-18-5-3-4-6-20(18)26)11-12-30(16)24(32)21(27)13-17-7-9-19(25)10-8-17;3-2(4,5)1(6)7/h3-10,16,21-22H,11-15,27H2,1-2H3,(H,28,31);(H,6,7). The highest BCUT2D eigenvalue weighted by atomic mass is 19.4. The molecule has 1 aliphatic heterocycles. The van der Waals surface area contributed by atoms with Crippen LogP contribution >= 0.6 is 0 Å². The topological polar surface area (TPSA) is 116 Å². The first-order valence-electron chi connectivity index (χ1n) is 12.0. The SMILES string of the molecule is CNC(=O)C(Cc1ccccc1F)N1CCN(C(=O)C(N)Cc2ccc(F)cc2)C(C)C1.O=C(O)C(F)(F)F. The third-order valence-corrected chi connectivity index (χ3v) is 6.23. The Morgan fingerprint density at radius 3 is 2.15 bits per heavy atom. The van der Waals surface area contributed by atoms with Crippen molar-refractivity contribution in [1.29, 1.82) is 0 Å². The van der Waals surface area contributed by atoms with Crippen molar-refractivity contribution in [3.05, 3.63) is 71.3 Å². The summed E-state index contributed by atoms with van der Waals surface area (Å²) in [6.07, 6.45) is -4.52. The third kappa shape index (κ3) is 9.29. The Morgan fingerprint density at radius 1 is 1.05 bits per heavy atom. The molecule has 1 heterocycles. The van der Waals surface area contributed by atoms with E-state index in [1.165, 1.54) is 18.2 Å². The van der Waals surface area contributed by atoms with Crippen LogP contribution in [0.1, 0.15) is 18.1 Å². The molecule has 3 atom stereocenters. The van der Waals surface area contributed by atoms with E-state index in [1.54, 1.807) is 42.3 Å². The number of alkyl halides is 3. The maximum Gasteiger partial charge on any atom is 0.490 e. The zero-order valence-corrected chi connectivity index (χ0v) is 21.4. The Hall–Kier alpha value is -3.58. The minimum atomic E-state index is -5.08. The van der Waals surface area contributed by atoms with Gasteiger partial charge in [0.1, 0.15) is 11.6 Å². The van der Waals surface area contributed by atoms with E-state index in [-0.39, 0.29) is 35.9 Å². The number of aliphatic carboxylic acids is 1. The number of piperazine rings is 1. The number of nitrogens with one attached hydrogen (secondary N) is 1. The van der Waals surface area contributed by atoms with Gasteiger partial charge in [0.05, 0.1) is 12.1 Å². The molecule has 0 spiro atoms. The number of hydrogen-bond donors (Lipinski definition) is 3. The number of nitrogens with zero attached hydrogens (tertiary/aromatic N) is 2. The predicted octanol–water partition coefficient (Wildman–Crippen LogP) is 2.36. The van der Waals surface area contributed by atoms with Crippen LogP contribution in [0.2, 0.25) is 0 Å². The molecule has 0 aromatic heterocycles. The summed E-state index contributed by atoms with van der Waals surface area (Å²) in [4.78, 5) is 38.2. The lowest BCUT2D eigenvalue weighted by atomic mass is 10.00. The molecule has 1 fully saturated rings. The molecule has 3 unspecified atom stereocenters. The minimum absolute atomic E-state index is 0.164. The second kappa shape index (κ2) is 14.0. The van der Waals surface area contributed by atoms with Gasteiger partial charge in [-0.3, -0.25) is 14.5 Å². The van der Waals surface area contributed by atoms with E-state index >= 15 is 0 Å². The second-order valence-corrected chi connectivity index (χ2v) is 9.04. The van der Waals surface area contributed by atoms with Crippen molar-refractivity contribution in [1.82, 2.24) is 15.1 Å². The molecule has 0 radical (unpaired) electrons. The number of hydrogen-bond acceptors (Lipinski definition) is 5. The number of benzene rings is 2. The van der Waals surface area contributed by atoms with Crippen LogP contribution in [0.15, 0.2) is 48.5 Å². The lowest BCUT2D eigenvalue weighted by molar-refractivity contribution is -0.192. The van der Waals surface area contributed by atoms with Crippen molar-refractivity contribution in [2.45, 2.75) is 44.1 Å². The van der Waals surface area contributed by atoms with Gasteiger partial charge in [0.2, 0.25) is 11.8 Å². The highest BCUT2D eigenvalue weighted by molar-refractivity contribution is 5.83. The zero-order chi connectivity index (χ0) is 29.3. The van der Waals surface area contributed by atoms with Crippen molar-refractivity contribution in [2.24, 2.45) is 5.73 Å². The van der Waals surface area contributed by atoms with Gasteiger partial charge in [-0.2, -0.15) is 13.2 Å². The van der Waals surface area contributed by atoms with Gasteiger partial charge >= 0.3 is 12.1 Å². The van der Waals surface area contributed by atoms with Crippen molar-refractivity contribution in [3.63, 3.8) is 0 Å². The summed E-state index contributed by atoms with van der Waals surface area (Å²) in [6.45, 7) is 3.29. The molecule has 1 saturated heterocycles. The van der Waals surface area contributed by atoms with Gasteiger partial charge in [0, 0.05) is 32.7 Å². The number of halogens is 5. The number of likely N-dealkylation sites (N-methyl/N-ethyl adjacent to an activating group) is 1.